The molecule has 0 fully saturated rings. The second-order valence-electron chi connectivity index (χ2n) is 3.79. The molecule has 1 aromatic carbocycles. The van der Waals surface area contributed by atoms with E-state index in [0.717, 1.165) is 5.56 Å². The zero-order chi connectivity index (χ0) is 13.0. The maximum absolute atomic E-state index is 9.14. The van der Waals surface area contributed by atoms with Crippen molar-refractivity contribution in [3.63, 3.8) is 0 Å². The van der Waals surface area contributed by atoms with Gasteiger partial charge in [-0.2, -0.15) is 5.26 Å². The molecule has 1 unspecified atom stereocenters. The molecule has 1 N–H and O–H groups in total. The van der Waals surface area contributed by atoms with Gasteiger partial charge in [-0.1, -0.05) is 17.7 Å². The van der Waals surface area contributed by atoms with E-state index in [2.05, 4.69) is 18.0 Å². The molecule has 0 saturated carbocycles. The number of nitriles is 1. The first kappa shape index (κ1) is 12.7. The molecular weight excluding hydrogens is 252 g/mol. The summed E-state index contributed by atoms with van der Waals surface area (Å²) in [6.07, 6.45) is 1.70. The molecule has 18 heavy (non-hydrogen) atoms. The number of benzene rings is 1. The van der Waals surface area contributed by atoms with E-state index >= 15 is 0 Å². The Morgan fingerprint density at radius 1 is 1.50 bits per heavy atom. The lowest BCUT2D eigenvalue weighted by Gasteiger charge is -2.21. The van der Waals surface area contributed by atoms with E-state index < -0.39 is 6.04 Å². The van der Waals surface area contributed by atoms with Gasteiger partial charge >= 0.3 is 0 Å². The van der Waals surface area contributed by atoms with Crippen LogP contribution in [0.3, 0.4) is 0 Å². The Balaban J connectivity index is 2.31. The first-order valence-corrected chi connectivity index (χ1v) is 5.97. The predicted molar refractivity (Wildman–Crippen MR) is 69.0 cm³/mol. The van der Waals surface area contributed by atoms with Crippen molar-refractivity contribution in [2.75, 3.05) is 19.8 Å². The van der Waals surface area contributed by atoms with Gasteiger partial charge in [0, 0.05) is 6.54 Å². The number of hydrogen-bond donors (Lipinski definition) is 1. The largest absolute Gasteiger partial charge is 0.486 e. The molecule has 94 valence electrons. The van der Waals surface area contributed by atoms with Gasteiger partial charge < -0.3 is 9.47 Å². The monoisotopic (exact) mass is 264 g/mol. The lowest BCUT2D eigenvalue weighted by Crippen LogP contribution is -2.21. The van der Waals surface area contributed by atoms with Crippen LogP contribution in [0.4, 0.5) is 0 Å². The minimum atomic E-state index is -0.448. The summed E-state index contributed by atoms with van der Waals surface area (Å²) >= 11 is 6.12. The summed E-state index contributed by atoms with van der Waals surface area (Å²) in [5.74, 6) is 1.14. The SMILES string of the molecule is C=CCNC(C#N)c1cc(Cl)c2c(c1)OCCO2. The number of rotatable bonds is 4. The Labute approximate surface area is 111 Å². The van der Waals surface area contributed by atoms with E-state index in [1.165, 1.54) is 0 Å². The third kappa shape index (κ3) is 2.58. The fourth-order valence-electron chi connectivity index (χ4n) is 1.74. The lowest BCUT2D eigenvalue weighted by molar-refractivity contribution is 0.171. The molecule has 0 saturated heterocycles. The maximum atomic E-state index is 9.14. The van der Waals surface area contributed by atoms with Gasteiger partial charge in [-0.15, -0.1) is 6.58 Å². The predicted octanol–water partition coefficient (Wildman–Crippen LogP) is 2.45. The van der Waals surface area contributed by atoms with E-state index in [0.29, 0.717) is 36.3 Å². The summed E-state index contributed by atoms with van der Waals surface area (Å²) in [4.78, 5) is 0. The van der Waals surface area contributed by atoms with Crippen molar-refractivity contribution in [3.8, 4) is 17.6 Å². The van der Waals surface area contributed by atoms with Crippen molar-refractivity contribution < 1.29 is 9.47 Å². The lowest BCUT2D eigenvalue weighted by atomic mass is 10.1. The molecule has 0 aliphatic carbocycles. The van der Waals surface area contributed by atoms with Crippen molar-refractivity contribution in [2.45, 2.75) is 6.04 Å². The molecular formula is C13H13ClN2O2. The number of halogens is 1. The first-order valence-electron chi connectivity index (χ1n) is 5.59. The van der Waals surface area contributed by atoms with Gasteiger partial charge in [0.1, 0.15) is 19.3 Å². The first-order chi connectivity index (χ1) is 8.76. The average Bonchev–Trinajstić information content (AvgIpc) is 2.40. The molecule has 1 heterocycles. The summed E-state index contributed by atoms with van der Waals surface area (Å²) in [6, 6.07) is 5.23. The summed E-state index contributed by atoms with van der Waals surface area (Å²) in [5.41, 5.74) is 0.758. The summed E-state index contributed by atoms with van der Waals surface area (Å²) < 4.78 is 10.9. The number of nitrogens with one attached hydrogen (secondary N) is 1. The third-order valence-electron chi connectivity index (χ3n) is 2.55. The van der Waals surface area contributed by atoms with E-state index in [4.69, 9.17) is 26.3 Å². The topological polar surface area (TPSA) is 54.3 Å². The van der Waals surface area contributed by atoms with Crippen LogP contribution in [0.25, 0.3) is 0 Å². The van der Waals surface area contributed by atoms with Crippen LogP contribution in [0.15, 0.2) is 24.8 Å². The molecule has 2 rings (SSSR count). The molecule has 1 aliphatic rings. The van der Waals surface area contributed by atoms with Gasteiger partial charge in [0.05, 0.1) is 11.1 Å². The fraction of sp³-hybridized carbons (Fsp3) is 0.308. The zero-order valence-corrected chi connectivity index (χ0v) is 10.5. The highest BCUT2D eigenvalue weighted by Crippen LogP contribution is 2.39. The van der Waals surface area contributed by atoms with E-state index in [1.807, 2.05) is 0 Å². The van der Waals surface area contributed by atoms with Gasteiger partial charge in [-0.05, 0) is 17.7 Å². The van der Waals surface area contributed by atoms with E-state index in [9.17, 15) is 0 Å². The minimum absolute atomic E-state index is 0.448. The van der Waals surface area contributed by atoms with Crippen molar-refractivity contribution in [2.24, 2.45) is 0 Å². The zero-order valence-electron chi connectivity index (χ0n) is 9.78. The Bertz CT molecular complexity index is 496. The van der Waals surface area contributed by atoms with Crippen LogP contribution in [-0.2, 0) is 0 Å². The Kier molecular flexibility index (Phi) is 4.08. The Morgan fingerprint density at radius 3 is 3.00 bits per heavy atom. The third-order valence-corrected chi connectivity index (χ3v) is 2.83. The second-order valence-corrected chi connectivity index (χ2v) is 4.19. The van der Waals surface area contributed by atoms with Crippen LogP contribution < -0.4 is 14.8 Å². The Morgan fingerprint density at radius 2 is 2.28 bits per heavy atom. The highest BCUT2D eigenvalue weighted by atomic mass is 35.5. The van der Waals surface area contributed by atoms with Crippen LogP contribution in [0.2, 0.25) is 5.02 Å². The van der Waals surface area contributed by atoms with Crippen molar-refractivity contribution in [1.82, 2.24) is 5.32 Å². The van der Waals surface area contributed by atoms with Crippen molar-refractivity contribution >= 4 is 11.6 Å². The maximum Gasteiger partial charge on any atom is 0.179 e. The molecule has 0 bridgehead atoms. The molecule has 1 aromatic rings. The molecule has 5 heteroatoms. The molecule has 1 atom stereocenters. The molecule has 0 spiro atoms. The van der Waals surface area contributed by atoms with Crippen LogP contribution in [0.1, 0.15) is 11.6 Å². The van der Waals surface area contributed by atoms with Crippen LogP contribution in [0, 0.1) is 11.3 Å². The van der Waals surface area contributed by atoms with E-state index in [1.54, 1.807) is 18.2 Å². The molecule has 0 amide bonds. The van der Waals surface area contributed by atoms with Gasteiger partial charge in [0.2, 0.25) is 0 Å². The van der Waals surface area contributed by atoms with Crippen molar-refractivity contribution in [3.05, 3.63) is 35.4 Å². The number of fused-ring (bicyclic) bond motifs is 1. The normalized spacial score (nSPS) is 14.7. The Hall–Kier alpha value is -1.70. The number of ether oxygens (including phenoxy) is 2. The highest BCUT2D eigenvalue weighted by Gasteiger charge is 2.19. The van der Waals surface area contributed by atoms with Gasteiger partial charge in [-0.3, -0.25) is 5.32 Å². The fourth-order valence-corrected chi connectivity index (χ4v) is 2.01. The van der Waals surface area contributed by atoms with Crippen LogP contribution >= 0.6 is 11.6 Å². The van der Waals surface area contributed by atoms with Gasteiger partial charge in [0.25, 0.3) is 0 Å². The number of nitrogens with zero attached hydrogens (tertiary/aromatic N) is 1. The molecule has 4 nitrogen and oxygen atoms in total. The average molecular weight is 265 g/mol. The number of hydrogen-bond acceptors (Lipinski definition) is 4. The molecule has 1 aliphatic heterocycles. The quantitative estimate of drug-likeness (QED) is 0.849. The highest BCUT2D eigenvalue weighted by molar-refractivity contribution is 6.32. The van der Waals surface area contributed by atoms with E-state index in [-0.39, 0.29) is 0 Å². The standard InChI is InChI=1S/C13H13ClN2O2/c1-2-3-16-11(8-15)9-6-10(14)13-12(7-9)17-4-5-18-13/h2,6-7,11,16H,1,3-5H2. The van der Waals surface area contributed by atoms with Crippen LogP contribution in [0.5, 0.6) is 11.5 Å². The summed E-state index contributed by atoms with van der Waals surface area (Å²) in [5, 5.41) is 12.6. The molecule has 0 radical (unpaired) electrons. The van der Waals surface area contributed by atoms with Gasteiger partial charge in [-0.25, -0.2) is 0 Å². The summed E-state index contributed by atoms with van der Waals surface area (Å²) in [6.45, 7) is 5.13. The minimum Gasteiger partial charge on any atom is -0.486 e. The van der Waals surface area contributed by atoms with Gasteiger partial charge in [0.15, 0.2) is 11.5 Å². The summed E-state index contributed by atoms with van der Waals surface area (Å²) in [7, 11) is 0. The van der Waals surface area contributed by atoms with Crippen molar-refractivity contribution in [1.29, 1.82) is 5.26 Å². The molecule has 0 aromatic heterocycles. The van der Waals surface area contributed by atoms with Crippen LogP contribution in [-0.4, -0.2) is 19.8 Å². The smallest absolute Gasteiger partial charge is 0.179 e. The second kappa shape index (κ2) is 5.76.